The SMILES string of the molecule is O=C(N/N=C\c1cccc2ccccc12)C(=O)Nc1ccc(Cl)c(C(F)(F)F)c1. The molecule has 3 aromatic carbocycles. The van der Waals surface area contributed by atoms with Gasteiger partial charge in [-0.25, -0.2) is 5.43 Å². The van der Waals surface area contributed by atoms with Gasteiger partial charge < -0.3 is 5.32 Å². The molecule has 0 spiro atoms. The molecule has 0 aliphatic heterocycles. The molecular formula is C20H13ClF3N3O2. The number of rotatable bonds is 3. The first-order chi connectivity index (χ1) is 13.8. The number of alkyl halides is 3. The van der Waals surface area contributed by atoms with Crippen molar-refractivity contribution in [2.45, 2.75) is 6.18 Å². The third-order valence-corrected chi connectivity index (χ3v) is 4.26. The molecule has 0 radical (unpaired) electrons. The van der Waals surface area contributed by atoms with Crippen LogP contribution in [0.25, 0.3) is 10.8 Å². The Balaban J connectivity index is 1.67. The van der Waals surface area contributed by atoms with Crippen molar-refractivity contribution >= 4 is 46.1 Å². The minimum absolute atomic E-state index is 0.222. The Morgan fingerprint density at radius 2 is 1.69 bits per heavy atom. The van der Waals surface area contributed by atoms with Crippen LogP contribution in [0.3, 0.4) is 0 Å². The Kier molecular flexibility index (Phi) is 5.84. The quantitative estimate of drug-likeness (QED) is 0.370. The summed E-state index contributed by atoms with van der Waals surface area (Å²) in [6.45, 7) is 0. The molecule has 0 saturated carbocycles. The van der Waals surface area contributed by atoms with Gasteiger partial charge in [0.1, 0.15) is 0 Å². The number of nitrogens with zero attached hydrogens (tertiary/aromatic N) is 1. The topological polar surface area (TPSA) is 70.6 Å². The molecule has 9 heteroatoms. The largest absolute Gasteiger partial charge is 0.417 e. The van der Waals surface area contributed by atoms with E-state index in [0.717, 1.165) is 28.5 Å². The highest BCUT2D eigenvalue weighted by Gasteiger charge is 2.33. The number of amides is 2. The van der Waals surface area contributed by atoms with Gasteiger partial charge in [0.25, 0.3) is 0 Å². The third-order valence-electron chi connectivity index (χ3n) is 3.93. The zero-order chi connectivity index (χ0) is 21.0. The summed E-state index contributed by atoms with van der Waals surface area (Å²) in [5.41, 5.74) is 1.42. The summed E-state index contributed by atoms with van der Waals surface area (Å²) in [4.78, 5) is 23.8. The Morgan fingerprint density at radius 3 is 2.45 bits per heavy atom. The van der Waals surface area contributed by atoms with Crippen molar-refractivity contribution in [2.75, 3.05) is 5.32 Å². The lowest BCUT2D eigenvalue weighted by Gasteiger charge is -2.11. The highest BCUT2D eigenvalue weighted by molar-refractivity contribution is 6.39. The van der Waals surface area contributed by atoms with Crippen LogP contribution < -0.4 is 10.7 Å². The molecule has 2 amide bonds. The molecule has 0 aliphatic rings. The number of halogens is 4. The van der Waals surface area contributed by atoms with Gasteiger partial charge in [0.15, 0.2) is 0 Å². The standard InChI is InChI=1S/C20H13ClF3N3O2/c21-17-9-8-14(10-16(17)20(22,23)24)26-18(28)19(29)27-25-11-13-6-3-5-12-4-1-2-7-15(12)13/h1-11H,(H,26,28)(H,27,29)/b25-11-. The summed E-state index contributed by atoms with van der Waals surface area (Å²) in [6, 6.07) is 15.8. The van der Waals surface area contributed by atoms with Gasteiger partial charge in [0, 0.05) is 11.3 Å². The van der Waals surface area contributed by atoms with Crippen LogP contribution >= 0.6 is 11.6 Å². The molecular weight excluding hydrogens is 407 g/mol. The summed E-state index contributed by atoms with van der Waals surface area (Å²) in [6.07, 6.45) is -3.32. The molecule has 5 nitrogen and oxygen atoms in total. The van der Waals surface area contributed by atoms with Gasteiger partial charge in [-0.05, 0) is 29.0 Å². The van der Waals surface area contributed by atoms with Gasteiger partial charge in [-0.3, -0.25) is 9.59 Å². The molecule has 0 saturated heterocycles. The van der Waals surface area contributed by atoms with E-state index >= 15 is 0 Å². The van der Waals surface area contributed by atoms with Gasteiger partial charge in [0.2, 0.25) is 0 Å². The first-order valence-electron chi connectivity index (χ1n) is 8.24. The van der Waals surface area contributed by atoms with E-state index in [-0.39, 0.29) is 5.69 Å². The van der Waals surface area contributed by atoms with Gasteiger partial charge in [0.05, 0.1) is 16.8 Å². The van der Waals surface area contributed by atoms with Crippen LogP contribution in [-0.4, -0.2) is 18.0 Å². The number of carbonyl (C=O) groups is 2. The fraction of sp³-hybridized carbons (Fsp3) is 0.0500. The maximum atomic E-state index is 12.9. The fourth-order valence-electron chi connectivity index (χ4n) is 2.58. The normalized spacial score (nSPS) is 11.6. The number of hydrazone groups is 1. The number of fused-ring (bicyclic) bond motifs is 1. The highest BCUT2D eigenvalue weighted by atomic mass is 35.5. The highest BCUT2D eigenvalue weighted by Crippen LogP contribution is 2.36. The van der Waals surface area contributed by atoms with Gasteiger partial charge in [-0.1, -0.05) is 54.1 Å². The van der Waals surface area contributed by atoms with Crippen LogP contribution in [0.1, 0.15) is 11.1 Å². The lowest BCUT2D eigenvalue weighted by Crippen LogP contribution is -2.32. The van der Waals surface area contributed by atoms with Crippen molar-refractivity contribution < 1.29 is 22.8 Å². The summed E-state index contributed by atoms with van der Waals surface area (Å²) in [5, 5.41) is 7.18. The van der Waals surface area contributed by atoms with Crippen molar-refractivity contribution in [1.29, 1.82) is 0 Å². The van der Waals surface area contributed by atoms with E-state index in [4.69, 9.17) is 11.6 Å². The zero-order valence-electron chi connectivity index (χ0n) is 14.6. The number of carbonyl (C=O) groups excluding carboxylic acids is 2. The Bertz CT molecular complexity index is 1110. The van der Waals surface area contributed by atoms with E-state index in [1.165, 1.54) is 6.21 Å². The van der Waals surface area contributed by atoms with Crippen LogP contribution in [0.15, 0.2) is 65.8 Å². The maximum Gasteiger partial charge on any atom is 0.417 e. The number of benzene rings is 3. The fourth-order valence-corrected chi connectivity index (χ4v) is 2.81. The Hall–Kier alpha value is -3.39. The van der Waals surface area contributed by atoms with E-state index in [2.05, 4.69) is 10.4 Å². The van der Waals surface area contributed by atoms with E-state index in [1.54, 1.807) is 6.07 Å². The summed E-state index contributed by atoms with van der Waals surface area (Å²) >= 11 is 5.52. The Morgan fingerprint density at radius 1 is 0.966 bits per heavy atom. The van der Waals surface area contributed by atoms with Crippen LogP contribution in [0.5, 0.6) is 0 Å². The van der Waals surface area contributed by atoms with Gasteiger partial charge in [-0.15, -0.1) is 0 Å². The van der Waals surface area contributed by atoms with Crippen LogP contribution in [0, 0.1) is 0 Å². The number of anilines is 1. The molecule has 3 aromatic rings. The molecule has 0 heterocycles. The van der Waals surface area contributed by atoms with Crippen LogP contribution in [-0.2, 0) is 15.8 Å². The third kappa shape index (κ3) is 4.91. The van der Waals surface area contributed by atoms with Crippen LogP contribution in [0.2, 0.25) is 5.02 Å². The molecule has 0 atom stereocenters. The van der Waals surface area contributed by atoms with Crippen molar-refractivity contribution in [1.82, 2.24) is 5.43 Å². The number of hydrogen-bond donors (Lipinski definition) is 2. The zero-order valence-corrected chi connectivity index (χ0v) is 15.4. The lowest BCUT2D eigenvalue weighted by atomic mass is 10.1. The van der Waals surface area contributed by atoms with Crippen molar-refractivity contribution in [3.63, 3.8) is 0 Å². The van der Waals surface area contributed by atoms with Gasteiger partial charge in [-0.2, -0.15) is 18.3 Å². The van der Waals surface area contributed by atoms with Crippen molar-refractivity contribution in [3.05, 3.63) is 76.8 Å². The second-order valence-corrected chi connectivity index (χ2v) is 6.32. The second-order valence-electron chi connectivity index (χ2n) is 5.91. The van der Waals surface area contributed by atoms with Crippen LogP contribution in [0.4, 0.5) is 18.9 Å². The molecule has 0 aromatic heterocycles. The van der Waals surface area contributed by atoms with Gasteiger partial charge >= 0.3 is 18.0 Å². The number of hydrogen-bond acceptors (Lipinski definition) is 3. The van der Waals surface area contributed by atoms with E-state index < -0.39 is 28.6 Å². The summed E-state index contributed by atoms with van der Waals surface area (Å²) in [7, 11) is 0. The van der Waals surface area contributed by atoms with E-state index in [9.17, 15) is 22.8 Å². The summed E-state index contributed by atoms with van der Waals surface area (Å²) < 4.78 is 38.6. The average Bonchev–Trinajstić information content (AvgIpc) is 2.68. The molecule has 29 heavy (non-hydrogen) atoms. The smallest absolute Gasteiger partial charge is 0.318 e. The molecule has 3 rings (SSSR count). The maximum absolute atomic E-state index is 12.9. The molecule has 0 aliphatic carbocycles. The molecule has 0 fully saturated rings. The molecule has 2 N–H and O–H groups in total. The lowest BCUT2D eigenvalue weighted by molar-refractivity contribution is -0.137. The Labute approximate surface area is 168 Å². The number of nitrogens with one attached hydrogen (secondary N) is 2. The van der Waals surface area contributed by atoms with Crippen molar-refractivity contribution in [2.24, 2.45) is 5.10 Å². The first kappa shape index (κ1) is 20.3. The van der Waals surface area contributed by atoms with E-state index in [1.807, 2.05) is 41.8 Å². The first-order valence-corrected chi connectivity index (χ1v) is 8.62. The summed E-state index contributed by atoms with van der Waals surface area (Å²) in [5.74, 6) is -2.31. The second kappa shape index (κ2) is 8.32. The minimum Gasteiger partial charge on any atom is -0.318 e. The predicted octanol–water partition coefficient (Wildman–Crippen LogP) is 4.60. The molecule has 0 bridgehead atoms. The predicted molar refractivity (Wildman–Crippen MR) is 105 cm³/mol. The average molecular weight is 420 g/mol. The van der Waals surface area contributed by atoms with Crippen molar-refractivity contribution in [3.8, 4) is 0 Å². The monoisotopic (exact) mass is 419 g/mol. The minimum atomic E-state index is -4.69. The molecule has 148 valence electrons. The molecule has 0 unspecified atom stereocenters. The van der Waals surface area contributed by atoms with E-state index in [0.29, 0.717) is 6.07 Å².